The highest BCUT2D eigenvalue weighted by atomic mass is 16.3. The van der Waals surface area contributed by atoms with Gasteiger partial charge < -0.3 is 14.6 Å². The predicted molar refractivity (Wildman–Crippen MR) is 90.9 cm³/mol. The van der Waals surface area contributed by atoms with E-state index in [4.69, 9.17) is 4.42 Å². The van der Waals surface area contributed by atoms with Gasteiger partial charge >= 0.3 is 0 Å². The first-order valence-electron chi connectivity index (χ1n) is 8.91. The molecule has 23 heavy (non-hydrogen) atoms. The van der Waals surface area contributed by atoms with Crippen LogP contribution in [0.1, 0.15) is 52.0 Å². The van der Waals surface area contributed by atoms with Crippen molar-refractivity contribution < 1.29 is 14.6 Å². The Bertz CT molecular complexity index is 561. The Morgan fingerprint density at radius 2 is 2.17 bits per heavy atom. The second kappa shape index (κ2) is 6.10. The number of fused-ring (bicyclic) bond motifs is 1. The van der Waals surface area contributed by atoms with Gasteiger partial charge in [-0.2, -0.15) is 0 Å². The topological polar surface area (TPSA) is 53.6 Å². The number of aryl methyl sites for hydroxylation is 1. The maximum absolute atomic E-state index is 10.8. The van der Waals surface area contributed by atoms with Crippen molar-refractivity contribution >= 4 is 0 Å². The van der Waals surface area contributed by atoms with Gasteiger partial charge in [-0.05, 0) is 67.9 Å². The first kappa shape index (κ1) is 16.8. The van der Waals surface area contributed by atoms with Gasteiger partial charge in [-0.15, -0.1) is 0 Å². The highest BCUT2D eigenvalue weighted by molar-refractivity contribution is 5.23. The third-order valence-electron chi connectivity index (χ3n) is 7.14. The molecule has 3 nitrogen and oxygen atoms in total. The maximum Gasteiger partial charge on any atom is 0.0934 e. The quantitative estimate of drug-likeness (QED) is 0.826. The van der Waals surface area contributed by atoms with E-state index in [0.29, 0.717) is 5.92 Å². The Labute approximate surface area is 139 Å². The second-order valence-electron chi connectivity index (χ2n) is 8.02. The molecule has 1 fully saturated rings. The predicted octanol–water partition coefficient (Wildman–Crippen LogP) is 3.95. The van der Waals surface area contributed by atoms with Crippen LogP contribution in [0.4, 0.5) is 0 Å². The van der Waals surface area contributed by atoms with E-state index in [0.717, 1.165) is 32.1 Å². The third-order valence-corrected chi connectivity index (χ3v) is 7.14. The summed E-state index contributed by atoms with van der Waals surface area (Å²) < 4.78 is 5.19. The fourth-order valence-corrected chi connectivity index (χ4v) is 5.38. The lowest BCUT2D eigenvalue weighted by molar-refractivity contribution is -0.145. The normalized spacial score (nSPS) is 40.6. The van der Waals surface area contributed by atoms with E-state index in [9.17, 15) is 10.2 Å². The minimum absolute atomic E-state index is 0.00328. The molecule has 2 aliphatic rings. The minimum Gasteiger partial charge on any atom is -0.472 e. The van der Waals surface area contributed by atoms with E-state index in [1.807, 2.05) is 6.07 Å². The monoisotopic (exact) mass is 318 g/mol. The smallest absolute Gasteiger partial charge is 0.0934 e. The molecule has 2 N–H and O–H groups in total. The van der Waals surface area contributed by atoms with Crippen LogP contribution >= 0.6 is 0 Å². The van der Waals surface area contributed by atoms with Crippen LogP contribution < -0.4 is 0 Å². The first-order chi connectivity index (χ1) is 10.9. The van der Waals surface area contributed by atoms with Gasteiger partial charge in [0.25, 0.3) is 0 Å². The van der Waals surface area contributed by atoms with E-state index < -0.39 is 0 Å². The Balaban J connectivity index is 1.95. The highest BCUT2D eigenvalue weighted by Crippen LogP contribution is 2.61. The Morgan fingerprint density at radius 1 is 1.39 bits per heavy atom. The number of hydrogen-bond donors (Lipinski definition) is 2. The molecule has 0 radical (unpaired) electrons. The Kier molecular flexibility index (Phi) is 4.45. The molecule has 1 saturated carbocycles. The molecule has 0 aromatic carbocycles. The molecule has 3 rings (SSSR count). The summed E-state index contributed by atoms with van der Waals surface area (Å²) in [6, 6.07) is 2.00. The summed E-state index contributed by atoms with van der Waals surface area (Å²) in [7, 11) is 0. The van der Waals surface area contributed by atoms with Crippen molar-refractivity contribution in [1.29, 1.82) is 0 Å². The molecule has 1 aromatic heterocycles. The van der Waals surface area contributed by atoms with Crippen molar-refractivity contribution in [3.63, 3.8) is 0 Å². The molecule has 0 bridgehead atoms. The number of aliphatic hydroxyl groups excluding tert-OH is 2. The van der Waals surface area contributed by atoms with Gasteiger partial charge in [0.05, 0.1) is 18.6 Å². The molecule has 0 amide bonds. The highest BCUT2D eigenvalue weighted by Gasteiger charge is 2.58. The number of furan rings is 1. The van der Waals surface area contributed by atoms with Crippen LogP contribution in [0.15, 0.2) is 34.7 Å². The van der Waals surface area contributed by atoms with E-state index in [2.05, 4.69) is 26.8 Å². The van der Waals surface area contributed by atoms with Gasteiger partial charge in [0.2, 0.25) is 0 Å². The summed E-state index contributed by atoms with van der Waals surface area (Å²) in [5, 5.41) is 21.2. The number of aliphatic hydroxyl groups is 2. The van der Waals surface area contributed by atoms with Gasteiger partial charge in [-0.25, -0.2) is 0 Å². The van der Waals surface area contributed by atoms with Crippen molar-refractivity contribution in [3.8, 4) is 0 Å². The number of rotatable bonds is 4. The van der Waals surface area contributed by atoms with E-state index in [1.165, 1.54) is 11.1 Å². The molecule has 1 aromatic rings. The van der Waals surface area contributed by atoms with Gasteiger partial charge in [-0.3, -0.25) is 0 Å². The molecule has 3 heteroatoms. The van der Waals surface area contributed by atoms with Crippen molar-refractivity contribution in [2.75, 3.05) is 6.61 Å². The standard InChI is InChI=1S/C20H30O3/c1-14-5-4-6-18-19(14,3)11-17(22)15(2)20(18,13-21)9-7-16-8-10-23-12-16/h5,8,10,12,15,17-18,21-22H,4,6-7,9,11,13H2,1-3H3/t15-,17-,18+,19+,20-/m1/s1. The van der Waals surface area contributed by atoms with Crippen LogP contribution in [0.3, 0.4) is 0 Å². The Hall–Kier alpha value is -1.06. The van der Waals surface area contributed by atoms with E-state index in [1.54, 1.807) is 12.5 Å². The zero-order valence-corrected chi connectivity index (χ0v) is 14.6. The molecule has 5 atom stereocenters. The lowest BCUT2D eigenvalue weighted by Gasteiger charge is -2.60. The number of allylic oxidation sites excluding steroid dienone is 2. The number of hydrogen-bond acceptors (Lipinski definition) is 3. The molecule has 128 valence electrons. The summed E-state index contributed by atoms with van der Waals surface area (Å²) in [6.45, 7) is 6.77. The summed E-state index contributed by atoms with van der Waals surface area (Å²) in [4.78, 5) is 0. The lowest BCUT2D eigenvalue weighted by Crippen LogP contribution is -2.58. The third kappa shape index (κ3) is 2.58. The van der Waals surface area contributed by atoms with E-state index >= 15 is 0 Å². The average molecular weight is 318 g/mol. The molecule has 0 unspecified atom stereocenters. The molecular formula is C20H30O3. The second-order valence-corrected chi connectivity index (χ2v) is 8.02. The van der Waals surface area contributed by atoms with Crippen LogP contribution in [-0.2, 0) is 6.42 Å². The van der Waals surface area contributed by atoms with Crippen LogP contribution in [-0.4, -0.2) is 22.9 Å². The maximum atomic E-state index is 10.8. The van der Waals surface area contributed by atoms with Crippen LogP contribution in [0.5, 0.6) is 0 Å². The van der Waals surface area contributed by atoms with Gasteiger partial charge in [0, 0.05) is 12.0 Å². The van der Waals surface area contributed by atoms with E-state index in [-0.39, 0.29) is 29.5 Å². The van der Waals surface area contributed by atoms with Crippen molar-refractivity contribution in [3.05, 3.63) is 35.8 Å². The van der Waals surface area contributed by atoms with Crippen LogP contribution in [0.25, 0.3) is 0 Å². The largest absolute Gasteiger partial charge is 0.472 e. The molecule has 0 saturated heterocycles. The first-order valence-corrected chi connectivity index (χ1v) is 8.91. The average Bonchev–Trinajstić information content (AvgIpc) is 3.04. The van der Waals surface area contributed by atoms with Crippen LogP contribution in [0, 0.1) is 22.7 Å². The fourth-order valence-electron chi connectivity index (χ4n) is 5.38. The molecule has 0 aliphatic heterocycles. The van der Waals surface area contributed by atoms with Crippen molar-refractivity contribution in [2.45, 2.75) is 59.0 Å². The summed E-state index contributed by atoms with van der Waals surface area (Å²) >= 11 is 0. The van der Waals surface area contributed by atoms with Gasteiger partial charge in [0.15, 0.2) is 0 Å². The molecule has 0 spiro atoms. The summed E-state index contributed by atoms with van der Waals surface area (Å²) in [5.74, 6) is 0.540. The summed E-state index contributed by atoms with van der Waals surface area (Å²) in [5.41, 5.74) is 2.35. The molecule has 1 heterocycles. The van der Waals surface area contributed by atoms with Gasteiger partial charge in [0.1, 0.15) is 0 Å². The van der Waals surface area contributed by atoms with Crippen molar-refractivity contribution in [2.24, 2.45) is 22.7 Å². The Morgan fingerprint density at radius 3 is 2.83 bits per heavy atom. The minimum atomic E-state index is -0.353. The van der Waals surface area contributed by atoms with Gasteiger partial charge in [-0.1, -0.05) is 25.5 Å². The van der Waals surface area contributed by atoms with Crippen LogP contribution in [0.2, 0.25) is 0 Å². The summed E-state index contributed by atoms with van der Waals surface area (Å²) in [6.07, 6.45) is 10.3. The molecule has 2 aliphatic carbocycles. The lowest BCUT2D eigenvalue weighted by atomic mass is 9.45. The molecular weight excluding hydrogens is 288 g/mol. The SMILES string of the molecule is CC1=CCC[C@@H]2[C@@](CO)(CCc3ccoc3)[C@H](C)[C@H](O)C[C@@]12C. The van der Waals surface area contributed by atoms with Crippen molar-refractivity contribution in [1.82, 2.24) is 0 Å². The zero-order chi connectivity index (χ0) is 16.7. The zero-order valence-electron chi connectivity index (χ0n) is 14.6. The fraction of sp³-hybridized carbons (Fsp3) is 0.700.